The number of benzene rings is 1. The van der Waals surface area contributed by atoms with Gasteiger partial charge in [0.1, 0.15) is 5.69 Å². The van der Waals surface area contributed by atoms with Gasteiger partial charge in [0.25, 0.3) is 0 Å². The molecule has 0 fully saturated rings. The van der Waals surface area contributed by atoms with Crippen molar-refractivity contribution < 1.29 is 23.1 Å². The highest BCUT2D eigenvalue weighted by atomic mass is 19.2. The van der Waals surface area contributed by atoms with Crippen LogP contribution in [-0.2, 0) is 6.42 Å². The van der Waals surface area contributed by atoms with Gasteiger partial charge in [0.05, 0.1) is 5.69 Å². The lowest BCUT2D eigenvalue weighted by Gasteiger charge is -2.07. The lowest BCUT2D eigenvalue weighted by molar-refractivity contribution is 0.0689. The molecular weight excluding hydrogens is 263 g/mol. The summed E-state index contributed by atoms with van der Waals surface area (Å²) in [4.78, 5) is 10.9. The van der Waals surface area contributed by atoms with Crippen molar-refractivity contribution in [2.75, 3.05) is 0 Å². The number of aromatic nitrogens is 3. The quantitative estimate of drug-likeness (QED) is 0.866. The Labute approximate surface area is 105 Å². The fraction of sp³-hybridized carbons (Fsp3) is 0.182. The number of carboxylic acid groups (broad SMARTS) is 1. The zero-order valence-corrected chi connectivity index (χ0v) is 9.69. The normalized spacial score (nSPS) is 10.7. The van der Waals surface area contributed by atoms with Crippen molar-refractivity contribution >= 4 is 5.97 Å². The minimum Gasteiger partial charge on any atom is -0.476 e. The van der Waals surface area contributed by atoms with E-state index in [1.165, 1.54) is 0 Å². The van der Waals surface area contributed by atoms with Gasteiger partial charge in [-0.05, 0) is 6.42 Å². The SMILES string of the molecule is CCc1c(C(=O)O)nnn1-c1cc(F)c(F)cc1F. The second-order valence-corrected chi connectivity index (χ2v) is 3.67. The largest absolute Gasteiger partial charge is 0.476 e. The van der Waals surface area contributed by atoms with Gasteiger partial charge in [0.2, 0.25) is 0 Å². The van der Waals surface area contributed by atoms with Crippen molar-refractivity contribution in [3.05, 3.63) is 41.0 Å². The molecule has 19 heavy (non-hydrogen) atoms. The number of carboxylic acids is 1. The molecule has 5 nitrogen and oxygen atoms in total. The first-order chi connectivity index (χ1) is 8.95. The van der Waals surface area contributed by atoms with E-state index < -0.39 is 29.1 Å². The molecule has 0 bridgehead atoms. The van der Waals surface area contributed by atoms with Crippen LogP contribution in [0.5, 0.6) is 0 Å². The van der Waals surface area contributed by atoms with Crippen LogP contribution in [0.15, 0.2) is 12.1 Å². The minimum atomic E-state index is -1.34. The zero-order valence-electron chi connectivity index (χ0n) is 9.69. The predicted molar refractivity (Wildman–Crippen MR) is 57.6 cm³/mol. The Kier molecular flexibility index (Phi) is 3.24. The summed E-state index contributed by atoms with van der Waals surface area (Å²) < 4.78 is 40.4. The summed E-state index contributed by atoms with van der Waals surface area (Å²) in [7, 11) is 0. The smallest absolute Gasteiger partial charge is 0.358 e. The van der Waals surface area contributed by atoms with Gasteiger partial charge in [0, 0.05) is 12.1 Å². The highest BCUT2D eigenvalue weighted by Gasteiger charge is 2.21. The molecule has 0 unspecified atom stereocenters. The van der Waals surface area contributed by atoms with Gasteiger partial charge in [-0.25, -0.2) is 22.6 Å². The van der Waals surface area contributed by atoms with Crippen LogP contribution in [0.2, 0.25) is 0 Å². The number of halogens is 3. The molecule has 0 aliphatic heterocycles. The van der Waals surface area contributed by atoms with Gasteiger partial charge in [-0.3, -0.25) is 0 Å². The molecule has 1 heterocycles. The summed E-state index contributed by atoms with van der Waals surface area (Å²) in [5, 5.41) is 15.7. The average Bonchev–Trinajstić information content (AvgIpc) is 2.77. The van der Waals surface area contributed by atoms with Crippen molar-refractivity contribution in [1.29, 1.82) is 0 Å². The first-order valence-electron chi connectivity index (χ1n) is 5.28. The fourth-order valence-corrected chi connectivity index (χ4v) is 1.65. The highest BCUT2D eigenvalue weighted by Crippen LogP contribution is 2.20. The van der Waals surface area contributed by atoms with Crippen LogP contribution in [0, 0.1) is 17.5 Å². The van der Waals surface area contributed by atoms with Gasteiger partial charge >= 0.3 is 5.97 Å². The maximum absolute atomic E-state index is 13.6. The third-order valence-electron chi connectivity index (χ3n) is 2.52. The Bertz CT molecular complexity index is 655. The fourth-order valence-electron chi connectivity index (χ4n) is 1.65. The number of hydrogen-bond donors (Lipinski definition) is 1. The molecule has 0 aliphatic carbocycles. The summed E-state index contributed by atoms with van der Waals surface area (Å²) in [5.41, 5.74) is -0.653. The Morgan fingerprint density at radius 3 is 2.47 bits per heavy atom. The number of hydrogen-bond acceptors (Lipinski definition) is 3. The van der Waals surface area contributed by atoms with Crippen LogP contribution in [0.1, 0.15) is 23.1 Å². The third kappa shape index (κ3) is 2.16. The van der Waals surface area contributed by atoms with E-state index >= 15 is 0 Å². The molecule has 8 heteroatoms. The number of carbonyl (C=O) groups is 1. The van der Waals surface area contributed by atoms with E-state index in [1.54, 1.807) is 6.92 Å². The Balaban J connectivity index is 2.66. The maximum atomic E-state index is 13.6. The maximum Gasteiger partial charge on any atom is 0.358 e. The molecule has 0 saturated carbocycles. The van der Waals surface area contributed by atoms with E-state index in [9.17, 15) is 18.0 Å². The third-order valence-corrected chi connectivity index (χ3v) is 2.52. The van der Waals surface area contributed by atoms with E-state index in [0.29, 0.717) is 12.1 Å². The van der Waals surface area contributed by atoms with Crippen molar-refractivity contribution in [3.63, 3.8) is 0 Å². The average molecular weight is 271 g/mol. The summed E-state index contributed by atoms with van der Waals surface area (Å²) >= 11 is 0. The molecule has 100 valence electrons. The van der Waals surface area contributed by atoms with Crippen LogP contribution >= 0.6 is 0 Å². The molecule has 0 aliphatic rings. The van der Waals surface area contributed by atoms with Crippen molar-refractivity contribution in [1.82, 2.24) is 15.0 Å². The van der Waals surface area contributed by atoms with Gasteiger partial charge in [-0.1, -0.05) is 12.1 Å². The van der Waals surface area contributed by atoms with Gasteiger partial charge in [-0.15, -0.1) is 5.10 Å². The molecule has 1 aromatic carbocycles. The topological polar surface area (TPSA) is 68.0 Å². The van der Waals surface area contributed by atoms with Crippen molar-refractivity contribution in [2.24, 2.45) is 0 Å². The van der Waals surface area contributed by atoms with Crippen LogP contribution in [0.25, 0.3) is 5.69 Å². The first-order valence-corrected chi connectivity index (χ1v) is 5.28. The molecule has 1 aromatic heterocycles. The van der Waals surface area contributed by atoms with Gasteiger partial charge in [0.15, 0.2) is 23.1 Å². The Morgan fingerprint density at radius 2 is 1.89 bits per heavy atom. The molecular formula is C11H8F3N3O2. The molecule has 0 spiro atoms. The van der Waals surface area contributed by atoms with Crippen molar-refractivity contribution in [3.8, 4) is 5.69 Å². The first kappa shape index (κ1) is 13.1. The van der Waals surface area contributed by atoms with Gasteiger partial charge < -0.3 is 5.11 Å². The van der Waals surface area contributed by atoms with E-state index in [1.807, 2.05) is 0 Å². The summed E-state index contributed by atoms with van der Waals surface area (Å²) in [6.07, 6.45) is 0.188. The molecule has 2 aromatic rings. The molecule has 0 radical (unpaired) electrons. The molecule has 1 N–H and O–H groups in total. The lowest BCUT2D eigenvalue weighted by atomic mass is 10.2. The molecule has 0 saturated heterocycles. The highest BCUT2D eigenvalue weighted by molar-refractivity contribution is 5.86. The molecule has 0 atom stereocenters. The molecule has 0 amide bonds. The predicted octanol–water partition coefficient (Wildman–Crippen LogP) is 1.95. The summed E-state index contributed by atoms with van der Waals surface area (Å²) in [6, 6.07) is 0.969. The number of aromatic carboxylic acids is 1. The van der Waals surface area contributed by atoms with E-state index in [0.717, 1.165) is 4.68 Å². The summed E-state index contributed by atoms with van der Waals surface area (Å²) in [6.45, 7) is 1.61. The van der Waals surface area contributed by atoms with Crippen LogP contribution in [-0.4, -0.2) is 26.1 Å². The van der Waals surface area contributed by atoms with Gasteiger partial charge in [-0.2, -0.15) is 0 Å². The van der Waals surface area contributed by atoms with Crippen LogP contribution in [0.4, 0.5) is 13.2 Å². The Hall–Kier alpha value is -2.38. The zero-order chi connectivity index (χ0) is 14.2. The number of nitrogens with zero attached hydrogens (tertiary/aromatic N) is 3. The second-order valence-electron chi connectivity index (χ2n) is 3.67. The van der Waals surface area contributed by atoms with Crippen LogP contribution in [0.3, 0.4) is 0 Å². The minimum absolute atomic E-state index is 0.0948. The molecule has 2 rings (SSSR count). The van der Waals surface area contributed by atoms with Crippen LogP contribution < -0.4 is 0 Å². The number of rotatable bonds is 3. The lowest BCUT2D eigenvalue weighted by Crippen LogP contribution is -2.08. The van der Waals surface area contributed by atoms with E-state index in [-0.39, 0.29) is 17.8 Å². The monoisotopic (exact) mass is 271 g/mol. The van der Waals surface area contributed by atoms with E-state index in [4.69, 9.17) is 5.11 Å². The second kappa shape index (κ2) is 4.71. The Morgan fingerprint density at radius 1 is 1.26 bits per heavy atom. The summed E-state index contributed by atoms with van der Waals surface area (Å²) in [5.74, 6) is -4.98. The van der Waals surface area contributed by atoms with E-state index in [2.05, 4.69) is 10.3 Å². The standard InChI is InChI=1S/C11H8F3N3O2/c1-2-8-10(11(18)19)15-16-17(8)9-4-6(13)5(12)3-7(9)14/h3-4H,2H2,1H3,(H,18,19). The van der Waals surface area contributed by atoms with Crippen molar-refractivity contribution in [2.45, 2.75) is 13.3 Å².